The van der Waals surface area contributed by atoms with Crippen LogP contribution in [0.25, 0.3) is 32.3 Å². The summed E-state index contributed by atoms with van der Waals surface area (Å²) >= 11 is 0. The van der Waals surface area contributed by atoms with Crippen LogP contribution < -0.4 is 20.2 Å². The summed E-state index contributed by atoms with van der Waals surface area (Å²) in [6.07, 6.45) is 0. The summed E-state index contributed by atoms with van der Waals surface area (Å²) < 4.78 is 0. The molecule has 0 aliphatic heterocycles. The second kappa shape index (κ2) is 14.8. The molecule has 8 aromatic rings. The Kier molecular flexibility index (Phi) is 10.2. The lowest BCUT2D eigenvalue weighted by Gasteiger charge is -2.31. The molecular weight excluding hydrogens is 757 g/mol. The van der Waals surface area contributed by atoms with Crippen molar-refractivity contribution < 1.29 is 0 Å². The molecule has 0 aliphatic rings. The summed E-state index contributed by atoms with van der Waals surface area (Å²) in [6, 6.07) is 51.8. The predicted molar refractivity (Wildman–Crippen MR) is 272 cm³/mol. The van der Waals surface area contributed by atoms with E-state index >= 15 is 0 Å². The molecule has 0 saturated heterocycles. The smallest absolute Gasteiger partial charge is 0.0775 e. The van der Waals surface area contributed by atoms with E-state index in [4.69, 9.17) is 0 Å². The van der Waals surface area contributed by atoms with E-state index in [-0.39, 0.29) is 10.8 Å². The zero-order valence-electron chi connectivity index (χ0n) is 38.6. The second-order valence-corrected chi connectivity index (χ2v) is 31.5. The summed E-state index contributed by atoms with van der Waals surface area (Å²) in [4.78, 5) is 4.99. The summed E-state index contributed by atoms with van der Waals surface area (Å²) in [7, 11) is -2.98. The zero-order chi connectivity index (χ0) is 43.1. The highest BCUT2D eigenvalue weighted by molar-refractivity contribution is 6.89. The largest absolute Gasteiger partial charge is 0.310 e. The average Bonchev–Trinajstić information content (AvgIpc) is 3.18. The van der Waals surface area contributed by atoms with Gasteiger partial charge in [0.25, 0.3) is 0 Å². The number of anilines is 6. The maximum absolute atomic E-state index is 2.50. The third-order valence-electron chi connectivity index (χ3n) is 12.7. The van der Waals surface area contributed by atoms with Crippen molar-refractivity contribution in [2.75, 3.05) is 9.80 Å². The molecular formula is C56H64N2Si2. The third kappa shape index (κ3) is 7.58. The second-order valence-electron chi connectivity index (χ2n) is 21.4. The van der Waals surface area contributed by atoms with Crippen molar-refractivity contribution in [3.63, 3.8) is 0 Å². The number of nitrogens with zero attached hydrogens (tertiary/aromatic N) is 2. The molecule has 2 nitrogen and oxygen atoms in total. The van der Waals surface area contributed by atoms with Gasteiger partial charge in [-0.3, -0.25) is 0 Å². The Morgan fingerprint density at radius 3 is 0.883 bits per heavy atom. The van der Waals surface area contributed by atoms with Gasteiger partial charge in [-0.1, -0.05) is 164 Å². The molecule has 0 aliphatic carbocycles. The summed E-state index contributed by atoms with van der Waals surface area (Å²) in [6.45, 7) is 32.9. The van der Waals surface area contributed by atoms with E-state index in [1.807, 2.05) is 0 Å². The highest BCUT2D eigenvalue weighted by atomic mass is 28.3. The third-order valence-corrected chi connectivity index (χ3v) is 16.8. The van der Waals surface area contributed by atoms with Crippen LogP contribution in [0.4, 0.5) is 34.1 Å². The van der Waals surface area contributed by atoms with Gasteiger partial charge in [-0.15, -0.1) is 0 Å². The van der Waals surface area contributed by atoms with Crippen LogP contribution in [0.3, 0.4) is 0 Å². The van der Waals surface area contributed by atoms with Crippen molar-refractivity contribution in [2.24, 2.45) is 0 Å². The molecule has 0 aromatic heterocycles. The summed E-state index contributed by atoms with van der Waals surface area (Å²) in [5.41, 5.74) is 12.5. The first-order valence-corrected chi connectivity index (χ1v) is 28.9. The first-order chi connectivity index (χ1) is 28.1. The topological polar surface area (TPSA) is 6.48 Å². The molecule has 0 radical (unpaired) electrons. The predicted octanol–water partition coefficient (Wildman–Crippen LogP) is 15.8. The van der Waals surface area contributed by atoms with E-state index in [0.29, 0.717) is 0 Å². The zero-order valence-corrected chi connectivity index (χ0v) is 40.6. The molecule has 0 unspecified atom stereocenters. The van der Waals surface area contributed by atoms with Gasteiger partial charge in [0.2, 0.25) is 0 Å². The van der Waals surface area contributed by atoms with Gasteiger partial charge < -0.3 is 9.80 Å². The molecule has 8 rings (SSSR count). The molecule has 306 valence electrons. The average molecular weight is 821 g/mol. The van der Waals surface area contributed by atoms with E-state index in [2.05, 4.69) is 238 Å². The Morgan fingerprint density at radius 2 is 0.617 bits per heavy atom. The molecule has 0 spiro atoms. The van der Waals surface area contributed by atoms with Crippen LogP contribution >= 0.6 is 0 Å². The van der Waals surface area contributed by atoms with Crippen molar-refractivity contribution in [2.45, 2.75) is 106 Å². The molecule has 0 bridgehead atoms. The first-order valence-electron chi connectivity index (χ1n) is 21.9. The minimum absolute atomic E-state index is 0.0698. The highest BCUT2D eigenvalue weighted by Crippen LogP contribution is 2.49. The minimum atomic E-state index is -1.49. The van der Waals surface area contributed by atoms with Gasteiger partial charge in [0.05, 0.1) is 27.5 Å². The Hall–Kier alpha value is -5.17. The Bertz CT molecular complexity index is 2510. The fourth-order valence-corrected chi connectivity index (χ4v) is 11.3. The standard InChI is InChI=1S/C56H64N2Si2/c1-37-35-51(57(41-19-15-39(16-20-41)55(3,4)5)43-23-27-45(28-24-43)59(9,10)11)49-34-32-48-38(2)36-52(50-33-31-47(37)53(49)54(48)50)58(42-21-17-40(18-22-42)56(6,7)8)44-25-29-46(30-26-44)60(12,13)14/h15-36H,1-14H3. The summed E-state index contributed by atoms with van der Waals surface area (Å²) in [5, 5.41) is 10.7. The van der Waals surface area contributed by atoms with Crippen molar-refractivity contribution >= 4 is 93.0 Å². The summed E-state index contributed by atoms with van der Waals surface area (Å²) in [5.74, 6) is 0. The first kappa shape index (κ1) is 41.6. The normalized spacial score (nSPS) is 12.8. The number of benzene rings is 8. The van der Waals surface area contributed by atoms with Gasteiger partial charge in [0.1, 0.15) is 0 Å². The molecule has 0 amide bonds. The number of aryl methyl sites for hydroxylation is 2. The molecule has 60 heavy (non-hydrogen) atoms. The van der Waals surface area contributed by atoms with Gasteiger partial charge in [-0.05, 0) is 129 Å². The Morgan fingerprint density at radius 1 is 0.350 bits per heavy atom. The fraction of sp³-hybridized carbons (Fsp3) is 0.286. The molecule has 0 heterocycles. The molecule has 4 heteroatoms. The Labute approximate surface area is 362 Å². The monoisotopic (exact) mass is 820 g/mol. The van der Waals surface area contributed by atoms with E-state index in [1.165, 1.54) is 99.1 Å². The quantitative estimate of drug-likeness (QED) is 0.111. The number of hydrogen-bond acceptors (Lipinski definition) is 2. The lowest BCUT2D eigenvalue weighted by atomic mass is 9.86. The van der Waals surface area contributed by atoms with Gasteiger partial charge >= 0.3 is 0 Å². The van der Waals surface area contributed by atoms with E-state index in [1.54, 1.807) is 0 Å². The number of rotatable bonds is 8. The minimum Gasteiger partial charge on any atom is -0.310 e. The van der Waals surface area contributed by atoms with Crippen molar-refractivity contribution in [1.82, 2.24) is 0 Å². The van der Waals surface area contributed by atoms with Gasteiger partial charge in [0.15, 0.2) is 0 Å². The van der Waals surface area contributed by atoms with E-state index in [0.717, 1.165) is 0 Å². The van der Waals surface area contributed by atoms with Crippen LogP contribution in [0.5, 0.6) is 0 Å². The van der Waals surface area contributed by atoms with Gasteiger partial charge in [-0.2, -0.15) is 0 Å². The van der Waals surface area contributed by atoms with Crippen LogP contribution in [-0.2, 0) is 10.8 Å². The van der Waals surface area contributed by atoms with Crippen LogP contribution in [0.1, 0.15) is 63.8 Å². The maximum Gasteiger partial charge on any atom is 0.0775 e. The highest BCUT2D eigenvalue weighted by Gasteiger charge is 2.26. The Balaban J connectivity index is 1.40. The lowest BCUT2D eigenvalue weighted by molar-refractivity contribution is 0.590. The van der Waals surface area contributed by atoms with E-state index < -0.39 is 16.1 Å². The molecule has 0 fully saturated rings. The maximum atomic E-state index is 2.50. The van der Waals surface area contributed by atoms with Crippen molar-refractivity contribution in [3.05, 3.63) is 156 Å². The van der Waals surface area contributed by atoms with Crippen LogP contribution in [-0.4, -0.2) is 16.1 Å². The van der Waals surface area contributed by atoms with Gasteiger partial charge in [-0.25, -0.2) is 0 Å². The molecule has 0 saturated carbocycles. The van der Waals surface area contributed by atoms with E-state index in [9.17, 15) is 0 Å². The molecule has 8 aromatic carbocycles. The van der Waals surface area contributed by atoms with Crippen LogP contribution in [0.15, 0.2) is 133 Å². The number of hydrogen-bond donors (Lipinski definition) is 0. The molecule has 0 atom stereocenters. The molecule has 0 N–H and O–H groups in total. The van der Waals surface area contributed by atoms with Crippen molar-refractivity contribution in [3.8, 4) is 0 Å². The fourth-order valence-electron chi connectivity index (χ4n) is 8.97. The van der Waals surface area contributed by atoms with Gasteiger partial charge in [0, 0.05) is 33.5 Å². The van der Waals surface area contributed by atoms with Crippen LogP contribution in [0.2, 0.25) is 39.3 Å². The lowest BCUT2D eigenvalue weighted by Crippen LogP contribution is -2.37. The van der Waals surface area contributed by atoms with Crippen molar-refractivity contribution in [1.29, 1.82) is 0 Å². The SMILES string of the molecule is Cc1cc(N(c2ccc(C(C)(C)C)cc2)c2ccc([Si](C)(C)C)cc2)c2ccc3c(C)cc(N(c4ccc(C(C)(C)C)cc4)c4ccc([Si](C)(C)C)cc4)c4ccc1c2c34. The van der Waals surface area contributed by atoms with Crippen LogP contribution in [0, 0.1) is 13.8 Å².